The molecule has 3 aromatic rings. The average molecular weight is 397 g/mol. The number of hydrogen-bond acceptors (Lipinski definition) is 4. The van der Waals surface area contributed by atoms with Crippen molar-refractivity contribution in [3.05, 3.63) is 76.9 Å². The predicted molar refractivity (Wildman–Crippen MR) is 105 cm³/mol. The second kappa shape index (κ2) is 7.07. The lowest BCUT2D eigenvalue weighted by molar-refractivity contribution is 0.386. The summed E-state index contributed by atoms with van der Waals surface area (Å²) in [5, 5.41) is 0. The van der Waals surface area contributed by atoms with Gasteiger partial charge in [0.05, 0.1) is 10.6 Å². The van der Waals surface area contributed by atoms with E-state index in [1.165, 1.54) is 16.4 Å². The SMILES string of the molecule is Cc1cccc(S(=O)(=O)N2CCc3nc(-c4ccc(F)cc4)ncc3C2)c1C. The third-order valence-electron chi connectivity index (χ3n) is 5.17. The molecule has 1 aromatic heterocycles. The van der Waals surface area contributed by atoms with Gasteiger partial charge in [-0.3, -0.25) is 0 Å². The van der Waals surface area contributed by atoms with Gasteiger partial charge in [-0.15, -0.1) is 0 Å². The molecule has 0 saturated carbocycles. The fourth-order valence-electron chi connectivity index (χ4n) is 3.38. The zero-order chi connectivity index (χ0) is 19.9. The molecule has 5 nitrogen and oxygen atoms in total. The molecule has 0 unspecified atom stereocenters. The van der Waals surface area contributed by atoms with Crippen molar-refractivity contribution in [2.45, 2.75) is 31.7 Å². The Labute approximate surface area is 163 Å². The van der Waals surface area contributed by atoms with E-state index in [0.717, 1.165) is 27.9 Å². The van der Waals surface area contributed by atoms with Crippen LogP contribution in [0.15, 0.2) is 53.6 Å². The van der Waals surface area contributed by atoms with E-state index in [-0.39, 0.29) is 12.4 Å². The minimum Gasteiger partial charge on any atom is -0.236 e. The molecule has 7 heteroatoms. The fourth-order valence-corrected chi connectivity index (χ4v) is 5.09. The lowest BCUT2D eigenvalue weighted by Gasteiger charge is -2.28. The molecule has 0 spiro atoms. The molecule has 0 bridgehead atoms. The monoisotopic (exact) mass is 397 g/mol. The molecular weight excluding hydrogens is 377 g/mol. The standard InChI is InChI=1S/C21H20FN3O2S/c1-14-4-3-5-20(15(14)2)28(26,27)25-11-10-19-17(13-25)12-23-21(24-19)16-6-8-18(22)9-7-16/h3-9,12H,10-11,13H2,1-2H3. The van der Waals surface area contributed by atoms with Gasteiger partial charge in [0.25, 0.3) is 0 Å². The Morgan fingerprint density at radius 3 is 2.57 bits per heavy atom. The summed E-state index contributed by atoms with van der Waals surface area (Å²) in [4.78, 5) is 9.28. The van der Waals surface area contributed by atoms with E-state index in [2.05, 4.69) is 9.97 Å². The molecule has 0 aliphatic carbocycles. The summed E-state index contributed by atoms with van der Waals surface area (Å²) in [5.74, 6) is 0.207. The predicted octanol–water partition coefficient (Wildman–Crippen LogP) is 3.65. The van der Waals surface area contributed by atoms with E-state index >= 15 is 0 Å². The molecule has 0 amide bonds. The first-order valence-corrected chi connectivity index (χ1v) is 10.5. The molecule has 2 heterocycles. The Balaban J connectivity index is 1.63. The molecule has 28 heavy (non-hydrogen) atoms. The van der Waals surface area contributed by atoms with Crippen LogP contribution in [0.2, 0.25) is 0 Å². The fraction of sp³-hybridized carbons (Fsp3) is 0.238. The highest BCUT2D eigenvalue weighted by Crippen LogP contribution is 2.28. The second-order valence-electron chi connectivity index (χ2n) is 6.96. The van der Waals surface area contributed by atoms with Crippen molar-refractivity contribution in [1.29, 1.82) is 0 Å². The summed E-state index contributed by atoms with van der Waals surface area (Å²) in [6.07, 6.45) is 2.18. The minimum atomic E-state index is -3.59. The summed E-state index contributed by atoms with van der Waals surface area (Å²) in [5.41, 5.74) is 4.09. The van der Waals surface area contributed by atoms with Crippen molar-refractivity contribution in [1.82, 2.24) is 14.3 Å². The van der Waals surface area contributed by atoms with Gasteiger partial charge >= 0.3 is 0 Å². The lowest BCUT2D eigenvalue weighted by Crippen LogP contribution is -2.36. The van der Waals surface area contributed by atoms with Gasteiger partial charge in [-0.25, -0.2) is 22.8 Å². The Bertz CT molecular complexity index is 1140. The van der Waals surface area contributed by atoms with Gasteiger partial charge in [0.15, 0.2) is 5.82 Å². The van der Waals surface area contributed by atoms with Crippen molar-refractivity contribution in [2.24, 2.45) is 0 Å². The van der Waals surface area contributed by atoms with Crippen molar-refractivity contribution in [2.75, 3.05) is 6.54 Å². The second-order valence-corrected chi connectivity index (χ2v) is 8.87. The van der Waals surface area contributed by atoms with E-state index in [0.29, 0.717) is 23.7 Å². The quantitative estimate of drug-likeness (QED) is 0.677. The molecule has 1 aliphatic heterocycles. The number of fused-ring (bicyclic) bond motifs is 1. The van der Waals surface area contributed by atoms with Crippen LogP contribution in [0.3, 0.4) is 0 Å². The highest BCUT2D eigenvalue weighted by Gasteiger charge is 2.30. The molecule has 1 aliphatic rings. The maximum absolute atomic E-state index is 13.1. The molecular formula is C21H20FN3O2S. The average Bonchev–Trinajstić information content (AvgIpc) is 2.69. The number of aromatic nitrogens is 2. The zero-order valence-corrected chi connectivity index (χ0v) is 16.5. The van der Waals surface area contributed by atoms with Gasteiger partial charge in [-0.2, -0.15) is 4.31 Å². The first-order chi connectivity index (χ1) is 13.4. The van der Waals surface area contributed by atoms with Crippen molar-refractivity contribution in [3.8, 4) is 11.4 Å². The number of hydrogen-bond donors (Lipinski definition) is 0. The Morgan fingerprint density at radius 1 is 1.07 bits per heavy atom. The number of benzene rings is 2. The number of aryl methyl sites for hydroxylation is 1. The minimum absolute atomic E-state index is 0.245. The van der Waals surface area contributed by atoms with Crippen LogP contribution in [0.25, 0.3) is 11.4 Å². The van der Waals surface area contributed by atoms with Gasteiger partial charge < -0.3 is 0 Å². The summed E-state index contributed by atoms with van der Waals surface area (Å²) < 4.78 is 40.9. The van der Waals surface area contributed by atoms with Crippen molar-refractivity contribution < 1.29 is 12.8 Å². The van der Waals surface area contributed by atoms with Crippen LogP contribution in [0.4, 0.5) is 4.39 Å². The Kier molecular flexibility index (Phi) is 4.72. The third kappa shape index (κ3) is 3.31. The highest BCUT2D eigenvalue weighted by molar-refractivity contribution is 7.89. The Morgan fingerprint density at radius 2 is 1.82 bits per heavy atom. The topological polar surface area (TPSA) is 63.2 Å². The molecule has 0 fully saturated rings. The molecule has 144 valence electrons. The molecule has 0 N–H and O–H groups in total. The van der Waals surface area contributed by atoms with Crippen molar-refractivity contribution >= 4 is 10.0 Å². The number of rotatable bonds is 3. The van der Waals surface area contributed by atoms with Gasteiger partial charge in [-0.05, 0) is 55.3 Å². The number of nitrogens with zero attached hydrogens (tertiary/aromatic N) is 3. The first kappa shape index (κ1) is 18.7. The zero-order valence-electron chi connectivity index (χ0n) is 15.7. The van der Waals surface area contributed by atoms with E-state index in [1.54, 1.807) is 30.5 Å². The molecule has 0 saturated heterocycles. The largest absolute Gasteiger partial charge is 0.243 e. The van der Waals surface area contributed by atoms with Gasteiger partial charge in [-0.1, -0.05) is 12.1 Å². The highest BCUT2D eigenvalue weighted by atomic mass is 32.2. The maximum Gasteiger partial charge on any atom is 0.243 e. The van der Waals surface area contributed by atoms with Crippen LogP contribution in [-0.2, 0) is 23.0 Å². The summed E-state index contributed by atoms with van der Waals surface area (Å²) in [6.45, 7) is 4.35. The molecule has 2 aromatic carbocycles. The lowest BCUT2D eigenvalue weighted by atomic mass is 10.1. The van der Waals surface area contributed by atoms with Crippen LogP contribution in [-0.4, -0.2) is 29.2 Å². The molecule has 4 rings (SSSR count). The van der Waals surface area contributed by atoms with Gasteiger partial charge in [0.1, 0.15) is 5.82 Å². The summed E-state index contributed by atoms with van der Waals surface area (Å²) in [6, 6.07) is 11.3. The van der Waals surface area contributed by atoms with Crippen molar-refractivity contribution in [3.63, 3.8) is 0 Å². The normalized spacial score (nSPS) is 14.7. The number of halogens is 1. The summed E-state index contributed by atoms with van der Waals surface area (Å²) in [7, 11) is -3.59. The van der Waals surface area contributed by atoms with Crippen LogP contribution in [0.5, 0.6) is 0 Å². The Hall–Kier alpha value is -2.64. The van der Waals surface area contributed by atoms with Gasteiger partial charge in [0.2, 0.25) is 10.0 Å². The first-order valence-electron chi connectivity index (χ1n) is 9.03. The van der Waals surface area contributed by atoms with E-state index in [9.17, 15) is 12.8 Å². The summed E-state index contributed by atoms with van der Waals surface area (Å²) >= 11 is 0. The van der Waals surface area contributed by atoms with E-state index in [1.807, 2.05) is 19.9 Å². The molecule has 0 atom stereocenters. The van der Waals surface area contributed by atoms with E-state index < -0.39 is 10.0 Å². The number of sulfonamides is 1. The molecule has 0 radical (unpaired) electrons. The van der Waals surface area contributed by atoms with E-state index in [4.69, 9.17) is 0 Å². The van der Waals surface area contributed by atoms with Crippen LogP contribution < -0.4 is 0 Å². The van der Waals surface area contributed by atoms with Crippen LogP contribution in [0.1, 0.15) is 22.4 Å². The van der Waals surface area contributed by atoms with Crippen LogP contribution >= 0.6 is 0 Å². The third-order valence-corrected chi connectivity index (χ3v) is 7.16. The maximum atomic E-state index is 13.1. The smallest absolute Gasteiger partial charge is 0.236 e. The van der Waals surface area contributed by atoms with Crippen LogP contribution in [0, 0.1) is 19.7 Å². The van der Waals surface area contributed by atoms with Gasteiger partial charge in [0, 0.05) is 36.8 Å².